The number of phenols is 2. The topological polar surface area (TPSA) is 79.4 Å². The maximum absolute atomic E-state index is 9.87. The molecule has 0 aliphatic carbocycles. The molecule has 5 nitrogen and oxygen atoms in total. The van der Waals surface area contributed by atoms with Gasteiger partial charge in [-0.2, -0.15) is 16.7 Å². The van der Waals surface area contributed by atoms with Gasteiger partial charge in [0, 0.05) is 16.8 Å². The Labute approximate surface area is 131 Å². The fourth-order valence-corrected chi connectivity index (χ4v) is 5.32. The van der Waals surface area contributed by atoms with Crippen LogP contribution in [0, 0.1) is 0 Å². The molecule has 21 heavy (non-hydrogen) atoms. The van der Waals surface area contributed by atoms with Crippen LogP contribution in [0.25, 0.3) is 11.5 Å². The number of thioether (sulfide) groups is 2. The molecule has 1 aliphatic rings. The van der Waals surface area contributed by atoms with Crippen LogP contribution in [0.15, 0.2) is 22.7 Å². The first kappa shape index (κ1) is 14.6. The first-order valence-corrected chi connectivity index (χ1v) is 8.88. The molecular weight excluding hydrogens is 308 g/mol. The van der Waals surface area contributed by atoms with Crippen molar-refractivity contribution >= 4 is 23.5 Å². The lowest BCUT2D eigenvalue weighted by atomic mass is 10.1. The van der Waals surface area contributed by atoms with Gasteiger partial charge in [0.1, 0.15) is 17.1 Å². The van der Waals surface area contributed by atoms with Crippen LogP contribution in [0.5, 0.6) is 11.5 Å². The van der Waals surface area contributed by atoms with Gasteiger partial charge in [0.05, 0.1) is 5.25 Å². The normalized spacial score (nSPS) is 22.3. The van der Waals surface area contributed by atoms with E-state index in [0.717, 1.165) is 17.9 Å². The van der Waals surface area contributed by atoms with Crippen LogP contribution in [-0.2, 0) is 0 Å². The Bertz CT molecular complexity index is 612. The van der Waals surface area contributed by atoms with Crippen molar-refractivity contribution in [3.63, 3.8) is 0 Å². The van der Waals surface area contributed by atoms with Crippen LogP contribution in [0.4, 0.5) is 0 Å². The quantitative estimate of drug-likeness (QED) is 0.895. The maximum atomic E-state index is 9.87. The number of phenolic OH excluding ortho intramolecular Hbond substituents is 2. The molecule has 0 radical (unpaired) electrons. The van der Waals surface area contributed by atoms with Crippen LogP contribution < -0.4 is 0 Å². The van der Waals surface area contributed by atoms with Crippen molar-refractivity contribution in [2.75, 3.05) is 11.5 Å². The van der Waals surface area contributed by atoms with Gasteiger partial charge in [-0.25, -0.2) is 0 Å². The van der Waals surface area contributed by atoms with Gasteiger partial charge in [-0.15, -0.1) is 11.8 Å². The Balaban J connectivity index is 1.93. The number of rotatable bonds is 3. The van der Waals surface area contributed by atoms with Crippen LogP contribution >= 0.6 is 23.5 Å². The third-order valence-corrected chi connectivity index (χ3v) is 6.63. The summed E-state index contributed by atoms with van der Waals surface area (Å²) in [6.07, 6.45) is 1.05. The van der Waals surface area contributed by atoms with E-state index < -0.39 is 0 Å². The van der Waals surface area contributed by atoms with Gasteiger partial charge in [0.2, 0.25) is 0 Å². The third-order valence-electron chi connectivity index (χ3n) is 3.38. The molecule has 0 bridgehead atoms. The lowest BCUT2D eigenvalue weighted by molar-refractivity contribution is 0.409. The van der Waals surface area contributed by atoms with E-state index in [1.54, 1.807) is 6.07 Å². The van der Waals surface area contributed by atoms with E-state index in [1.165, 1.54) is 12.1 Å². The summed E-state index contributed by atoms with van der Waals surface area (Å²) in [5.41, 5.74) is 0.192. The highest BCUT2D eigenvalue weighted by atomic mass is 32.2. The smallest absolute Gasteiger partial charge is 0.265 e. The second-order valence-corrected chi connectivity index (χ2v) is 7.33. The van der Waals surface area contributed by atoms with E-state index in [4.69, 9.17) is 4.52 Å². The summed E-state index contributed by atoms with van der Waals surface area (Å²) in [4.78, 5) is 4.39. The van der Waals surface area contributed by atoms with Gasteiger partial charge < -0.3 is 14.7 Å². The van der Waals surface area contributed by atoms with E-state index in [9.17, 15) is 10.2 Å². The molecule has 1 aromatic carbocycles. The molecule has 112 valence electrons. The van der Waals surface area contributed by atoms with Gasteiger partial charge in [0.15, 0.2) is 5.82 Å². The van der Waals surface area contributed by atoms with E-state index in [1.807, 2.05) is 23.5 Å². The monoisotopic (exact) mass is 324 g/mol. The van der Waals surface area contributed by atoms with Crippen molar-refractivity contribution in [2.24, 2.45) is 0 Å². The summed E-state index contributed by atoms with van der Waals surface area (Å²) in [5.74, 6) is 2.87. The third kappa shape index (κ3) is 2.85. The Morgan fingerprint density at radius 1 is 1.24 bits per heavy atom. The molecule has 3 rings (SSSR count). The summed E-state index contributed by atoms with van der Waals surface area (Å²) < 4.78 is 5.25. The van der Waals surface area contributed by atoms with Crippen molar-refractivity contribution in [1.82, 2.24) is 10.1 Å². The average molecular weight is 324 g/mol. The summed E-state index contributed by atoms with van der Waals surface area (Å²) in [6.45, 7) is 2.16. The van der Waals surface area contributed by atoms with Gasteiger partial charge >= 0.3 is 0 Å². The average Bonchev–Trinajstić information content (AvgIpc) is 2.96. The molecule has 0 amide bonds. The fraction of sp³-hybridized carbons (Fsp3) is 0.429. The molecule has 2 unspecified atom stereocenters. The van der Waals surface area contributed by atoms with E-state index in [-0.39, 0.29) is 28.2 Å². The first-order valence-electron chi connectivity index (χ1n) is 6.78. The van der Waals surface area contributed by atoms with Crippen molar-refractivity contribution in [3.05, 3.63) is 24.0 Å². The highest BCUT2D eigenvalue weighted by Crippen LogP contribution is 2.44. The summed E-state index contributed by atoms with van der Waals surface area (Å²) in [6, 6.07) is 4.53. The molecular formula is C14H16N2O3S2. The number of nitrogens with zero attached hydrogens (tertiary/aromatic N) is 2. The number of hydrogen-bond donors (Lipinski definition) is 2. The van der Waals surface area contributed by atoms with Gasteiger partial charge in [-0.3, -0.25) is 0 Å². The Hall–Kier alpha value is -1.34. The highest BCUT2D eigenvalue weighted by Gasteiger charge is 2.31. The van der Waals surface area contributed by atoms with Crippen molar-refractivity contribution in [2.45, 2.75) is 23.8 Å². The fourth-order valence-electron chi connectivity index (χ4n) is 2.34. The molecule has 1 aliphatic heterocycles. The number of benzene rings is 1. The number of hydrogen-bond acceptors (Lipinski definition) is 7. The van der Waals surface area contributed by atoms with Crippen LogP contribution in [0.1, 0.15) is 24.4 Å². The van der Waals surface area contributed by atoms with E-state index in [2.05, 4.69) is 17.1 Å². The lowest BCUT2D eigenvalue weighted by Crippen LogP contribution is -2.19. The largest absolute Gasteiger partial charge is 0.507 e. The zero-order valence-electron chi connectivity index (χ0n) is 11.5. The van der Waals surface area contributed by atoms with Gasteiger partial charge in [-0.05, 0) is 18.6 Å². The van der Waals surface area contributed by atoms with Gasteiger partial charge in [-0.1, -0.05) is 18.1 Å². The standard InChI is InChI=1S/C14H16N2O3S2/c1-2-10-12(21-7-6-20-10)13-15-14(19-16-13)11-8(17)4-3-5-9(11)18/h3-5,10,12,17-18H,2,6-7H2,1H3. The Kier molecular flexibility index (Phi) is 4.30. The Morgan fingerprint density at radius 3 is 2.67 bits per heavy atom. The SMILES string of the molecule is CCC1SCCSC1c1noc(-c2c(O)cccc2O)n1. The van der Waals surface area contributed by atoms with Crippen LogP contribution in [0.3, 0.4) is 0 Å². The number of aromatic hydroxyl groups is 2. The van der Waals surface area contributed by atoms with E-state index in [0.29, 0.717) is 11.1 Å². The molecule has 2 N–H and O–H groups in total. The molecule has 7 heteroatoms. The molecule has 1 aromatic heterocycles. The van der Waals surface area contributed by atoms with Crippen molar-refractivity contribution < 1.29 is 14.7 Å². The molecule has 2 heterocycles. The second-order valence-electron chi connectivity index (χ2n) is 4.74. The zero-order valence-corrected chi connectivity index (χ0v) is 13.2. The summed E-state index contributed by atoms with van der Waals surface area (Å²) in [5, 5.41) is 24.4. The summed E-state index contributed by atoms with van der Waals surface area (Å²) >= 11 is 3.77. The highest BCUT2D eigenvalue weighted by molar-refractivity contribution is 8.06. The van der Waals surface area contributed by atoms with Crippen LogP contribution in [0.2, 0.25) is 0 Å². The Morgan fingerprint density at radius 2 is 1.95 bits per heavy atom. The van der Waals surface area contributed by atoms with E-state index >= 15 is 0 Å². The molecule has 0 saturated carbocycles. The molecule has 1 fully saturated rings. The molecule has 0 spiro atoms. The zero-order chi connectivity index (χ0) is 14.8. The first-order chi connectivity index (χ1) is 10.2. The predicted molar refractivity (Wildman–Crippen MR) is 84.8 cm³/mol. The molecule has 2 atom stereocenters. The number of aromatic nitrogens is 2. The molecule has 2 aromatic rings. The van der Waals surface area contributed by atoms with Crippen molar-refractivity contribution in [3.8, 4) is 23.0 Å². The molecule has 1 saturated heterocycles. The minimum atomic E-state index is -0.0667. The minimum absolute atomic E-state index is 0.0667. The summed E-state index contributed by atoms with van der Waals surface area (Å²) in [7, 11) is 0. The van der Waals surface area contributed by atoms with Crippen molar-refractivity contribution in [1.29, 1.82) is 0 Å². The van der Waals surface area contributed by atoms with Gasteiger partial charge in [0.25, 0.3) is 5.89 Å². The minimum Gasteiger partial charge on any atom is -0.507 e. The van der Waals surface area contributed by atoms with Crippen LogP contribution in [-0.4, -0.2) is 37.1 Å². The maximum Gasteiger partial charge on any atom is 0.265 e. The second kappa shape index (κ2) is 6.19. The lowest BCUT2D eigenvalue weighted by Gasteiger charge is -2.27. The predicted octanol–water partition coefficient (Wildman–Crippen LogP) is 3.45.